The van der Waals surface area contributed by atoms with Gasteiger partial charge in [0, 0.05) is 10.9 Å². The minimum atomic E-state index is 0.470. The molecular formula is C13H15Br. The Morgan fingerprint density at radius 1 is 1.43 bits per heavy atom. The summed E-state index contributed by atoms with van der Waals surface area (Å²) in [7, 11) is 0. The molecule has 0 aliphatic carbocycles. The van der Waals surface area contributed by atoms with Crippen molar-refractivity contribution in [3.8, 4) is 12.3 Å². The molecule has 1 aromatic rings. The van der Waals surface area contributed by atoms with Gasteiger partial charge in [-0.25, -0.2) is 0 Å². The molecule has 0 saturated heterocycles. The average Bonchev–Trinajstić information content (AvgIpc) is 2.13. The van der Waals surface area contributed by atoms with Crippen LogP contribution in [0.1, 0.15) is 31.7 Å². The van der Waals surface area contributed by atoms with Crippen LogP contribution in [0, 0.1) is 18.3 Å². The molecule has 0 nitrogen and oxygen atoms in total. The van der Waals surface area contributed by atoms with Gasteiger partial charge in [0.05, 0.1) is 0 Å². The Morgan fingerprint density at radius 2 is 2.14 bits per heavy atom. The fourth-order valence-electron chi connectivity index (χ4n) is 1.60. The van der Waals surface area contributed by atoms with Gasteiger partial charge in [-0.2, -0.15) is 0 Å². The summed E-state index contributed by atoms with van der Waals surface area (Å²) in [6.07, 6.45) is 6.19. The van der Waals surface area contributed by atoms with Crippen LogP contribution < -0.4 is 0 Å². The van der Waals surface area contributed by atoms with Crippen LogP contribution >= 0.6 is 15.9 Å². The summed E-state index contributed by atoms with van der Waals surface area (Å²) in [5.41, 5.74) is 1.33. The largest absolute Gasteiger partial charge is 0.120 e. The van der Waals surface area contributed by atoms with Crippen molar-refractivity contribution in [1.82, 2.24) is 0 Å². The van der Waals surface area contributed by atoms with E-state index in [9.17, 15) is 0 Å². The van der Waals surface area contributed by atoms with Crippen molar-refractivity contribution >= 4 is 15.9 Å². The van der Waals surface area contributed by atoms with E-state index in [1.54, 1.807) is 0 Å². The van der Waals surface area contributed by atoms with Gasteiger partial charge in [-0.1, -0.05) is 41.9 Å². The Labute approximate surface area is 94.9 Å². The van der Waals surface area contributed by atoms with Crippen LogP contribution in [0.4, 0.5) is 0 Å². The molecular weight excluding hydrogens is 236 g/mol. The summed E-state index contributed by atoms with van der Waals surface area (Å²) in [5.74, 6) is 3.81. The fourth-order valence-corrected chi connectivity index (χ4v) is 2.02. The number of hydrogen-bond acceptors (Lipinski definition) is 0. The standard InChI is InChI=1S/C13H15Br/c1-4-6-13(10(2)3)11-7-5-8-12(14)9-11/h1,5,7-10,13H,6H2,2-3H3. The number of hydrogen-bond donors (Lipinski definition) is 0. The molecule has 0 aliphatic heterocycles. The summed E-state index contributed by atoms with van der Waals surface area (Å²) < 4.78 is 1.12. The third-order valence-electron chi connectivity index (χ3n) is 2.42. The van der Waals surface area contributed by atoms with Gasteiger partial charge in [0.15, 0.2) is 0 Å². The SMILES string of the molecule is C#CCC(c1cccc(Br)c1)C(C)C. The van der Waals surface area contributed by atoms with E-state index in [0.29, 0.717) is 11.8 Å². The van der Waals surface area contributed by atoms with Gasteiger partial charge in [0.2, 0.25) is 0 Å². The first-order valence-corrected chi connectivity index (χ1v) is 5.63. The maximum atomic E-state index is 5.38. The molecule has 0 spiro atoms. The van der Waals surface area contributed by atoms with Gasteiger partial charge in [-0.05, 0) is 29.5 Å². The van der Waals surface area contributed by atoms with E-state index in [0.717, 1.165) is 10.9 Å². The minimum absolute atomic E-state index is 0.470. The van der Waals surface area contributed by atoms with Crippen molar-refractivity contribution in [3.63, 3.8) is 0 Å². The number of terminal acetylenes is 1. The van der Waals surface area contributed by atoms with Crippen LogP contribution in [-0.2, 0) is 0 Å². The van der Waals surface area contributed by atoms with E-state index < -0.39 is 0 Å². The molecule has 0 fully saturated rings. The Kier molecular flexibility index (Phi) is 4.22. The molecule has 14 heavy (non-hydrogen) atoms. The van der Waals surface area contributed by atoms with Crippen molar-refractivity contribution in [2.24, 2.45) is 5.92 Å². The monoisotopic (exact) mass is 250 g/mol. The zero-order valence-corrected chi connectivity index (χ0v) is 10.2. The first kappa shape index (κ1) is 11.3. The molecule has 1 aromatic carbocycles. The Bertz CT molecular complexity index is 333. The average molecular weight is 251 g/mol. The van der Waals surface area contributed by atoms with Crippen molar-refractivity contribution in [3.05, 3.63) is 34.3 Å². The van der Waals surface area contributed by atoms with Crippen LogP contribution in [0.2, 0.25) is 0 Å². The predicted molar refractivity (Wildman–Crippen MR) is 65.2 cm³/mol. The Hall–Kier alpha value is -0.740. The van der Waals surface area contributed by atoms with E-state index in [1.807, 2.05) is 6.07 Å². The summed E-state index contributed by atoms with van der Waals surface area (Å²) >= 11 is 3.48. The van der Waals surface area contributed by atoms with Gasteiger partial charge in [0.1, 0.15) is 0 Å². The topological polar surface area (TPSA) is 0 Å². The molecule has 0 amide bonds. The number of rotatable bonds is 3. The van der Waals surface area contributed by atoms with Crippen molar-refractivity contribution in [2.45, 2.75) is 26.2 Å². The lowest BCUT2D eigenvalue weighted by Crippen LogP contribution is -2.05. The highest BCUT2D eigenvalue weighted by molar-refractivity contribution is 9.10. The van der Waals surface area contributed by atoms with E-state index in [4.69, 9.17) is 6.42 Å². The van der Waals surface area contributed by atoms with E-state index in [-0.39, 0.29) is 0 Å². The van der Waals surface area contributed by atoms with Gasteiger partial charge >= 0.3 is 0 Å². The fraction of sp³-hybridized carbons (Fsp3) is 0.385. The third-order valence-corrected chi connectivity index (χ3v) is 2.91. The summed E-state index contributed by atoms with van der Waals surface area (Å²) in [4.78, 5) is 0. The van der Waals surface area contributed by atoms with E-state index in [1.165, 1.54) is 5.56 Å². The molecule has 0 heterocycles. The molecule has 0 saturated carbocycles. The molecule has 0 aromatic heterocycles. The first-order valence-electron chi connectivity index (χ1n) is 4.84. The summed E-state index contributed by atoms with van der Waals surface area (Å²) in [6.45, 7) is 4.42. The third kappa shape index (κ3) is 2.89. The molecule has 0 radical (unpaired) electrons. The minimum Gasteiger partial charge on any atom is -0.120 e. The second-order valence-corrected chi connectivity index (χ2v) is 4.73. The van der Waals surface area contributed by atoms with Crippen LogP contribution in [-0.4, -0.2) is 0 Å². The molecule has 1 atom stereocenters. The summed E-state index contributed by atoms with van der Waals surface area (Å²) in [6, 6.07) is 8.40. The number of halogens is 1. The van der Waals surface area contributed by atoms with Gasteiger partial charge in [-0.15, -0.1) is 12.3 Å². The zero-order chi connectivity index (χ0) is 10.6. The van der Waals surface area contributed by atoms with Crippen LogP contribution in [0.5, 0.6) is 0 Å². The second kappa shape index (κ2) is 5.22. The zero-order valence-electron chi connectivity index (χ0n) is 8.63. The van der Waals surface area contributed by atoms with Crippen molar-refractivity contribution in [1.29, 1.82) is 0 Å². The maximum Gasteiger partial charge on any atom is 0.0178 e. The van der Waals surface area contributed by atoms with Crippen molar-refractivity contribution in [2.75, 3.05) is 0 Å². The van der Waals surface area contributed by atoms with Crippen LogP contribution in [0.15, 0.2) is 28.7 Å². The summed E-state index contributed by atoms with van der Waals surface area (Å²) in [5, 5.41) is 0. The highest BCUT2D eigenvalue weighted by Gasteiger charge is 2.14. The van der Waals surface area contributed by atoms with E-state index >= 15 is 0 Å². The smallest absolute Gasteiger partial charge is 0.0178 e. The Balaban J connectivity index is 2.94. The molecule has 1 unspecified atom stereocenters. The molecule has 0 bridgehead atoms. The first-order chi connectivity index (χ1) is 6.65. The lowest BCUT2D eigenvalue weighted by Gasteiger charge is -2.18. The normalized spacial score (nSPS) is 12.5. The maximum absolute atomic E-state index is 5.38. The lowest BCUT2D eigenvalue weighted by atomic mass is 9.86. The van der Waals surface area contributed by atoms with Gasteiger partial charge < -0.3 is 0 Å². The van der Waals surface area contributed by atoms with Crippen LogP contribution in [0.25, 0.3) is 0 Å². The predicted octanol–water partition coefficient (Wildman–Crippen LogP) is 4.21. The number of benzene rings is 1. The van der Waals surface area contributed by atoms with Gasteiger partial charge in [-0.3, -0.25) is 0 Å². The Morgan fingerprint density at radius 3 is 2.64 bits per heavy atom. The molecule has 0 N–H and O–H groups in total. The van der Waals surface area contributed by atoms with Gasteiger partial charge in [0.25, 0.3) is 0 Å². The highest BCUT2D eigenvalue weighted by Crippen LogP contribution is 2.29. The van der Waals surface area contributed by atoms with Crippen LogP contribution in [0.3, 0.4) is 0 Å². The second-order valence-electron chi connectivity index (χ2n) is 3.81. The lowest BCUT2D eigenvalue weighted by molar-refractivity contribution is 0.507. The molecule has 1 rings (SSSR count). The van der Waals surface area contributed by atoms with Crippen molar-refractivity contribution < 1.29 is 0 Å². The van der Waals surface area contributed by atoms with E-state index in [2.05, 4.69) is 53.9 Å². The molecule has 74 valence electrons. The molecule has 1 heteroatoms. The highest BCUT2D eigenvalue weighted by atomic mass is 79.9. The quantitative estimate of drug-likeness (QED) is 0.706. The molecule has 0 aliphatic rings.